The van der Waals surface area contributed by atoms with Crippen molar-refractivity contribution < 1.29 is 4.74 Å². The molecule has 0 saturated carbocycles. The van der Waals surface area contributed by atoms with Gasteiger partial charge in [0.1, 0.15) is 5.75 Å². The highest BCUT2D eigenvalue weighted by molar-refractivity contribution is 7.07. The Hall–Kier alpha value is -2.59. The average Bonchev–Trinajstić information content (AvgIpc) is 2.99. The molecule has 3 rings (SSSR count). The van der Waals surface area contributed by atoms with Crippen LogP contribution in [0, 0.1) is 6.92 Å². The summed E-state index contributed by atoms with van der Waals surface area (Å²) in [5, 5.41) is 2.15. The molecule has 1 heterocycles. The van der Waals surface area contributed by atoms with Crippen molar-refractivity contribution in [2.24, 2.45) is 4.99 Å². The number of methoxy groups -OCH3 is 1. The van der Waals surface area contributed by atoms with Crippen LogP contribution in [0.25, 0.3) is 11.3 Å². The molecule has 1 aromatic heterocycles. The minimum Gasteiger partial charge on any atom is -0.497 e. The largest absolute Gasteiger partial charge is 0.497 e. The van der Waals surface area contributed by atoms with Crippen LogP contribution in [0.2, 0.25) is 0 Å². The molecular formula is C20H20N2OS. The van der Waals surface area contributed by atoms with Crippen LogP contribution in [0.1, 0.15) is 5.56 Å². The first-order valence-electron chi connectivity index (χ1n) is 7.76. The molecule has 0 amide bonds. The highest BCUT2D eigenvalue weighted by atomic mass is 32.1. The average molecular weight is 336 g/mol. The van der Waals surface area contributed by atoms with Gasteiger partial charge in [0.25, 0.3) is 0 Å². The van der Waals surface area contributed by atoms with Crippen molar-refractivity contribution in [3.8, 4) is 17.0 Å². The van der Waals surface area contributed by atoms with E-state index in [9.17, 15) is 0 Å². The first kappa shape index (κ1) is 16.3. The number of aromatic nitrogens is 1. The predicted octanol–water partition coefficient (Wildman–Crippen LogP) is 4.95. The Labute approximate surface area is 146 Å². The molecule has 0 spiro atoms. The van der Waals surface area contributed by atoms with E-state index in [0.717, 1.165) is 28.5 Å². The van der Waals surface area contributed by atoms with Crippen LogP contribution in [0.5, 0.6) is 5.75 Å². The van der Waals surface area contributed by atoms with Gasteiger partial charge in [-0.15, -0.1) is 17.9 Å². The van der Waals surface area contributed by atoms with Crippen LogP contribution in [0.4, 0.5) is 5.69 Å². The molecule has 0 unspecified atom stereocenters. The van der Waals surface area contributed by atoms with Crippen molar-refractivity contribution in [2.45, 2.75) is 13.5 Å². The number of ether oxygens (including phenoxy) is 1. The molecule has 3 nitrogen and oxygen atoms in total. The third-order valence-corrected chi connectivity index (χ3v) is 4.62. The van der Waals surface area contributed by atoms with E-state index >= 15 is 0 Å². The summed E-state index contributed by atoms with van der Waals surface area (Å²) in [6, 6.07) is 16.3. The number of nitrogens with zero attached hydrogens (tertiary/aromatic N) is 2. The number of hydrogen-bond acceptors (Lipinski definition) is 3. The lowest BCUT2D eigenvalue weighted by molar-refractivity contribution is 0.415. The molecule has 122 valence electrons. The second kappa shape index (κ2) is 7.32. The molecule has 0 radical (unpaired) electrons. The fourth-order valence-electron chi connectivity index (χ4n) is 2.45. The van der Waals surface area contributed by atoms with Gasteiger partial charge in [0.2, 0.25) is 0 Å². The van der Waals surface area contributed by atoms with Gasteiger partial charge in [0.05, 0.1) is 18.5 Å². The van der Waals surface area contributed by atoms with Gasteiger partial charge in [-0.1, -0.05) is 35.9 Å². The minimum atomic E-state index is 0.724. The molecule has 4 heteroatoms. The molecule has 0 saturated heterocycles. The highest BCUT2D eigenvalue weighted by Crippen LogP contribution is 2.22. The van der Waals surface area contributed by atoms with E-state index in [1.807, 2.05) is 30.3 Å². The topological polar surface area (TPSA) is 26.5 Å². The lowest BCUT2D eigenvalue weighted by Crippen LogP contribution is -2.14. The maximum atomic E-state index is 5.20. The van der Waals surface area contributed by atoms with Crippen LogP contribution in [0.15, 0.2) is 71.6 Å². The van der Waals surface area contributed by atoms with E-state index in [2.05, 4.69) is 47.7 Å². The number of rotatable bonds is 5. The van der Waals surface area contributed by atoms with E-state index in [4.69, 9.17) is 9.73 Å². The molecule has 0 aliphatic heterocycles. The summed E-state index contributed by atoms with van der Waals surface area (Å²) >= 11 is 1.64. The SMILES string of the molecule is C=CCn1c(-c2ccc(C)cc2)csc1=Nc1ccc(OC)cc1. The summed E-state index contributed by atoms with van der Waals surface area (Å²) in [5.74, 6) is 0.833. The smallest absolute Gasteiger partial charge is 0.190 e. The Morgan fingerprint density at radius 2 is 1.83 bits per heavy atom. The van der Waals surface area contributed by atoms with Gasteiger partial charge in [-0.25, -0.2) is 4.99 Å². The monoisotopic (exact) mass is 336 g/mol. The Kier molecular flexibility index (Phi) is 4.96. The lowest BCUT2D eigenvalue weighted by Gasteiger charge is -2.07. The van der Waals surface area contributed by atoms with Gasteiger partial charge in [-0.3, -0.25) is 0 Å². The van der Waals surface area contributed by atoms with E-state index < -0.39 is 0 Å². The zero-order chi connectivity index (χ0) is 16.9. The predicted molar refractivity (Wildman–Crippen MR) is 101 cm³/mol. The summed E-state index contributed by atoms with van der Waals surface area (Å²) in [6.45, 7) is 6.70. The number of allylic oxidation sites excluding steroid dienone is 1. The zero-order valence-corrected chi connectivity index (χ0v) is 14.7. The maximum Gasteiger partial charge on any atom is 0.190 e. The molecular weight excluding hydrogens is 316 g/mol. The Morgan fingerprint density at radius 3 is 2.46 bits per heavy atom. The van der Waals surface area contributed by atoms with Crippen LogP contribution in [-0.4, -0.2) is 11.7 Å². The molecule has 0 aliphatic rings. The lowest BCUT2D eigenvalue weighted by atomic mass is 10.1. The summed E-state index contributed by atoms with van der Waals surface area (Å²) in [4.78, 5) is 5.73. The third kappa shape index (κ3) is 3.49. The Morgan fingerprint density at radius 1 is 1.12 bits per heavy atom. The molecule has 3 aromatic rings. The van der Waals surface area contributed by atoms with E-state index in [1.165, 1.54) is 11.1 Å². The minimum absolute atomic E-state index is 0.724. The van der Waals surface area contributed by atoms with Gasteiger partial charge >= 0.3 is 0 Å². The van der Waals surface area contributed by atoms with Gasteiger partial charge in [0.15, 0.2) is 4.80 Å². The fourth-order valence-corrected chi connectivity index (χ4v) is 3.39. The Bertz CT molecular complexity index is 887. The first-order valence-corrected chi connectivity index (χ1v) is 8.64. The standard InChI is InChI=1S/C20H20N2OS/c1-4-13-22-19(16-7-5-15(2)6-8-16)14-24-20(22)21-17-9-11-18(23-3)12-10-17/h4-12,14H,1,13H2,2-3H3. The van der Waals surface area contributed by atoms with Crippen molar-refractivity contribution >= 4 is 17.0 Å². The summed E-state index contributed by atoms with van der Waals surface area (Å²) in [6.07, 6.45) is 1.90. The first-order chi connectivity index (χ1) is 11.7. The number of aryl methyl sites for hydroxylation is 1. The van der Waals surface area contributed by atoms with E-state index in [1.54, 1.807) is 18.4 Å². The number of hydrogen-bond donors (Lipinski definition) is 0. The zero-order valence-electron chi connectivity index (χ0n) is 13.9. The van der Waals surface area contributed by atoms with Crippen molar-refractivity contribution in [3.63, 3.8) is 0 Å². The van der Waals surface area contributed by atoms with Crippen LogP contribution in [-0.2, 0) is 6.54 Å². The summed E-state index contributed by atoms with van der Waals surface area (Å²) in [5.41, 5.74) is 4.51. The number of benzene rings is 2. The fraction of sp³-hybridized carbons (Fsp3) is 0.150. The molecule has 0 N–H and O–H groups in total. The van der Waals surface area contributed by atoms with Gasteiger partial charge in [-0.05, 0) is 36.8 Å². The third-order valence-electron chi connectivity index (χ3n) is 3.75. The van der Waals surface area contributed by atoms with Crippen molar-refractivity contribution in [2.75, 3.05) is 7.11 Å². The van der Waals surface area contributed by atoms with Gasteiger partial charge < -0.3 is 9.30 Å². The molecule has 0 fully saturated rings. The highest BCUT2D eigenvalue weighted by Gasteiger charge is 2.07. The quantitative estimate of drug-likeness (QED) is 0.605. The molecule has 24 heavy (non-hydrogen) atoms. The summed E-state index contributed by atoms with van der Waals surface area (Å²) < 4.78 is 7.38. The molecule has 0 bridgehead atoms. The van der Waals surface area contributed by atoms with Gasteiger partial charge in [-0.2, -0.15) is 0 Å². The Balaban J connectivity index is 2.06. The normalized spacial score (nSPS) is 11.5. The van der Waals surface area contributed by atoms with E-state index in [0.29, 0.717) is 0 Å². The maximum absolute atomic E-state index is 5.20. The molecule has 0 aliphatic carbocycles. The van der Waals surface area contributed by atoms with Crippen LogP contribution >= 0.6 is 11.3 Å². The second-order valence-corrected chi connectivity index (χ2v) is 6.32. The van der Waals surface area contributed by atoms with Crippen molar-refractivity contribution in [1.29, 1.82) is 0 Å². The second-order valence-electron chi connectivity index (χ2n) is 5.48. The van der Waals surface area contributed by atoms with E-state index in [-0.39, 0.29) is 0 Å². The van der Waals surface area contributed by atoms with Crippen molar-refractivity contribution in [3.05, 3.63) is 76.9 Å². The number of thiazole rings is 1. The van der Waals surface area contributed by atoms with Crippen molar-refractivity contribution in [1.82, 2.24) is 4.57 Å². The van der Waals surface area contributed by atoms with Gasteiger partial charge in [0, 0.05) is 11.9 Å². The van der Waals surface area contributed by atoms with Crippen LogP contribution in [0.3, 0.4) is 0 Å². The van der Waals surface area contributed by atoms with Crippen LogP contribution < -0.4 is 9.54 Å². The molecule has 0 atom stereocenters. The summed E-state index contributed by atoms with van der Waals surface area (Å²) in [7, 11) is 1.66. The molecule has 2 aromatic carbocycles.